The highest BCUT2D eigenvalue weighted by atomic mass is 32.1. The van der Waals surface area contributed by atoms with Crippen LogP contribution in [0.15, 0.2) is 115 Å². The van der Waals surface area contributed by atoms with Gasteiger partial charge in [-0.1, -0.05) is 60.7 Å². The monoisotopic (exact) mass is 521 g/mol. The van der Waals surface area contributed by atoms with Gasteiger partial charge in [0.15, 0.2) is 0 Å². The molecule has 1 aromatic heterocycles. The van der Waals surface area contributed by atoms with Gasteiger partial charge in [-0.15, -0.1) is 11.3 Å². The van der Waals surface area contributed by atoms with E-state index in [2.05, 4.69) is 15.8 Å². The van der Waals surface area contributed by atoms with E-state index in [0.717, 1.165) is 11.1 Å². The number of hydrogen-bond acceptors (Lipinski definition) is 6. The predicted octanol–water partition coefficient (Wildman–Crippen LogP) is 6.26. The topological polar surface area (TPSA) is 89.6 Å². The van der Waals surface area contributed by atoms with Gasteiger partial charge in [-0.2, -0.15) is 0 Å². The van der Waals surface area contributed by atoms with Crippen LogP contribution in [0.2, 0.25) is 0 Å². The lowest BCUT2D eigenvalue weighted by Gasteiger charge is -2.10. The van der Waals surface area contributed by atoms with Crippen LogP contribution in [0.25, 0.3) is 10.6 Å². The number of benzene rings is 4. The van der Waals surface area contributed by atoms with Crippen LogP contribution in [0.5, 0.6) is 17.2 Å². The Morgan fingerprint density at radius 3 is 2.11 bits per heavy atom. The van der Waals surface area contributed by atoms with Crippen molar-refractivity contribution in [3.05, 3.63) is 131 Å². The molecule has 0 atom stereocenters. The Balaban J connectivity index is 1.18. The molecule has 0 unspecified atom stereocenters. The summed E-state index contributed by atoms with van der Waals surface area (Å²) in [5, 5.41) is 2.28. The van der Waals surface area contributed by atoms with Crippen molar-refractivity contribution >= 4 is 23.2 Å². The molecule has 0 bridgehead atoms. The van der Waals surface area contributed by atoms with Crippen molar-refractivity contribution in [3.8, 4) is 27.8 Å². The van der Waals surface area contributed by atoms with Gasteiger partial charge in [-0.25, -0.2) is 4.98 Å². The Morgan fingerprint density at radius 2 is 1.34 bits per heavy atom. The van der Waals surface area contributed by atoms with Crippen LogP contribution in [-0.2, 0) is 6.61 Å². The van der Waals surface area contributed by atoms with Gasteiger partial charge in [0.1, 0.15) is 34.6 Å². The number of ether oxygens (including phenoxy) is 2. The van der Waals surface area contributed by atoms with Gasteiger partial charge in [-0.05, 0) is 54.1 Å². The van der Waals surface area contributed by atoms with E-state index in [4.69, 9.17) is 9.47 Å². The molecule has 5 rings (SSSR count). The van der Waals surface area contributed by atoms with Crippen molar-refractivity contribution in [1.82, 2.24) is 15.8 Å². The summed E-state index contributed by atoms with van der Waals surface area (Å²) >= 11 is 1.32. The van der Waals surface area contributed by atoms with Gasteiger partial charge >= 0.3 is 0 Å². The lowest BCUT2D eigenvalue weighted by atomic mass is 10.2. The summed E-state index contributed by atoms with van der Waals surface area (Å²) in [5.74, 6) is 0.989. The molecule has 0 aliphatic rings. The molecule has 2 amide bonds. The third-order valence-electron chi connectivity index (χ3n) is 5.48. The molecular formula is C30H23N3O4S. The summed E-state index contributed by atoms with van der Waals surface area (Å²) in [6.07, 6.45) is 0. The van der Waals surface area contributed by atoms with Crippen molar-refractivity contribution in [2.75, 3.05) is 0 Å². The highest BCUT2D eigenvalue weighted by molar-refractivity contribution is 7.13. The van der Waals surface area contributed by atoms with Crippen LogP contribution in [-0.4, -0.2) is 16.8 Å². The maximum Gasteiger partial charge on any atom is 0.289 e. The molecule has 8 heteroatoms. The van der Waals surface area contributed by atoms with Crippen molar-refractivity contribution < 1.29 is 19.1 Å². The smallest absolute Gasteiger partial charge is 0.289 e. The largest absolute Gasteiger partial charge is 0.488 e. The summed E-state index contributed by atoms with van der Waals surface area (Å²) in [6.45, 7) is 0.419. The van der Waals surface area contributed by atoms with Crippen molar-refractivity contribution in [2.24, 2.45) is 0 Å². The fourth-order valence-corrected chi connectivity index (χ4v) is 4.38. The minimum atomic E-state index is -0.521. The number of carbonyl (C=O) groups excluding carboxylic acids is 2. The number of hydrazine groups is 1. The molecule has 0 spiro atoms. The first kappa shape index (κ1) is 24.7. The first-order valence-electron chi connectivity index (χ1n) is 11.8. The number of carbonyl (C=O) groups is 2. The van der Waals surface area contributed by atoms with E-state index in [1.54, 1.807) is 29.6 Å². The molecule has 0 saturated heterocycles. The van der Waals surface area contributed by atoms with Gasteiger partial charge in [0.2, 0.25) is 0 Å². The fourth-order valence-electron chi connectivity index (χ4n) is 3.55. The lowest BCUT2D eigenvalue weighted by Crippen LogP contribution is -2.41. The van der Waals surface area contributed by atoms with Gasteiger partial charge in [0.25, 0.3) is 11.8 Å². The maximum absolute atomic E-state index is 12.6. The predicted molar refractivity (Wildman–Crippen MR) is 146 cm³/mol. The molecule has 2 N–H and O–H groups in total. The number of aromatic nitrogens is 1. The summed E-state index contributed by atoms with van der Waals surface area (Å²) in [6, 6.07) is 33.4. The van der Waals surface area contributed by atoms with Crippen LogP contribution in [0.4, 0.5) is 0 Å². The molecule has 5 aromatic rings. The second-order valence-electron chi connectivity index (χ2n) is 8.16. The maximum atomic E-state index is 12.6. The summed E-state index contributed by atoms with van der Waals surface area (Å²) in [4.78, 5) is 29.6. The van der Waals surface area contributed by atoms with Gasteiger partial charge in [0.05, 0.1) is 5.56 Å². The van der Waals surface area contributed by atoms with E-state index in [9.17, 15) is 9.59 Å². The average molecular weight is 522 g/mol. The number of rotatable bonds is 8. The Kier molecular flexibility index (Phi) is 7.72. The molecule has 0 saturated carbocycles. The molecule has 1 heterocycles. The van der Waals surface area contributed by atoms with Crippen molar-refractivity contribution in [2.45, 2.75) is 6.61 Å². The molecule has 0 aliphatic carbocycles. The van der Waals surface area contributed by atoms with E-state index >= 15 is 0 Å². The number of para-hydroxylation sites is 2. The number of amides is 2. The number of nitrogens with zero attached hydrogens (tertiary/aromatic N) is 1. The normalized spacial score (nSPS) is 10.4. The highest BCUT2D eigenvalue weighted by Crippen LogP contribution is 2.32. The van der Waals surface area contributed by atoms with E-state index in [1.807, 2.05) is 84.9 Å². The van der Waals surface area contributed by atoms with Crippen LogP contribution in [0.1, 0.15) is 26.4 Å². The fraction of sp³-hybridized carbons (Fsp3) is 0.0333. The van der Waals surface area contributed by atoms with E-state index in [-0.39, 0.29) is 5.69 Å². The zero-order chi connectivity index (χ0) is 26.2. The van der Waals surface area contributed by atoms with Crippen LogP contribution in [0.3, 0.4) is 0 Å². The molecule has 0 fully saturated rings. The number of hydrogen-bond donors (Lipinski definition) is 2. The third kappa shape index (κ3) is 6.24. The zero-order valence-corrected chi connectivity index (χ0v) is 21.0. The Morgan fingerprint density at radius 1 is 0.711 bits per heavy atom. The number of thiazole rings is 1. The van der Waals surface area contributed by atoms with E-state index in [0.29, 0.717) is 34.4 Å². The first-order chi connectivity index (χ1) is 18.7. The summed E-state index contributed by atoms with van der Waals surface area (Å²) < 4.78 is 11.8. The first-order valence-corrected chi connectivity index (χ1v) is 12.7. The Hall–Kier alpha value is -4.95. The lowest BCUT2D eigenvalue weighted by molar-refractivity contribution is 0.0844. The standard InChI is InChI=1S/C30H23N3O4S/c34-28(22-15-17-24(18-16-22)37-23-11-5-2-6-12-23)32-33-29(35)26-20-38-30(31-26)25-13-7-8-14-27(25)36-19-21-9-3-1-4-10-21/h1-18,20H,19H2,(H,32,34)(H,33,35). The second kappa shape index (κ2) is 11.9. The van der Waals surface area contributed by atoms with Crippen LogP contribution in [0, 0.1) is 0 Å². The number of nitrogens with one attached hydrogen (secondary N) is 2. The molecule has 188 valence electrons. The summed E-state index contributed by atoms with van der Waals surface area (Å²) in [5.41, 5.74) is 7.24. The van der Waals surface area contributed by atoms with Crippen molar-refractivity contribution in [1.29, 1.82) is 0 Å². The highest BCUT2D eigenvalue weighted by Gasteiger charge is 2.16. The van der Waals surface area contributed by atoms with Gasteiger partial charge in [-0.3, -0.25) is 20.4 Å². The van der Waals surface area contributed by atoms with Crippen LogP contribution < -0.4 is 20.3 Å². The Bertz CT molecular complexity index is 1520. The van der Waals surface area contributed by atoms with Crippen molar-refractivity contribution in [3.63, 3.8) is 0 Å². The molecule has 0 aliphatic heterocycles. The summed E-state index contributed by atoms with van der Waals surface area (Å²) in [7, 11) is 0. The van der Waals surface area contributed by atoms with Crippen LogP contribution >= 0.6 is 11.3 Å². The zero-order valence-electron chi connectivity index (χ0n) is 20.2. The minimum absolute atomic E-state index is 0.190. The molecule has 4 aromatic carbocycles. The van der Waals surface area contributed by atoms with E-state index in [1.165, 1.54) is 11.3 Å². The third-order valence-corrected chi connectivity index (χ3v) is 6.35. The van der Waals surface area contributed by atoms with Gasteiger partial charge < -0.3 is 9.47 Å². The average Bonchev–Trinajstić information content (AvgIpc) is 3.47. The minimum Gasteiger partial charge on any atom is -0.488 e. The van der Waals surface area contributed by atoms with E-state index < -0.39 is 11.8 Å². The Labute approximate surface area is 223 Å². The quantitative estimate of drug-likeness (QED) is 0.235. The second-order valence-corrected chi connectivity index (χ2v) is 9.01. The molecule has 7 nitrogen and oxygen atoms in total. The molecule has 38 heavy (non-hydrogen) atoms. The molecular weight excluding hydrogens is 498 g/mol. The molecule has 0 radical (unpaired) electrons. The SMILES string of the molecule is O=C(NNC(=O)c1csc(-c2ccccc2OCc2ccccc2)n1)c1ccc(Oc2ccccc2)cc1. The van der Waals surface area contributed by atoms with Gasteiger partial charge in [0, 0.05) is 10.9 Å².